The zero-order valence-corrected chi connectivity index (χ0v) is 11.4. The molecule has 1 aromatic heterocycles. The number of hydrogen-bond acceptors (Lipinski definition) is 3. The van der Waals surface area contributed by atoms with Crippen LogP contribution in [0.4, 0.5) is 5.82 Å². The van der Waals surface area contributed by atoms with E-state index in [0.29, 0.717) is 18.1 Å². The third-order valence-corrected chi connectivity index (χ3v) is 3.86. The molecule has 3 rings (SSSR count). The predicted octanol–water partition coefficient (Wildman–Crippen LogP) is 2.62. The Hall–Kier alpha value is -1.03. The molecule has 0 bridgehead atoms. The Balaban J connectivity index is 1.82. The fourth-order valence-electron chi connectivity index (χ4n) is 3.07. The van der Waals surface area contributed by atoms with Crippen LogP contribution in [0.25, 0.3) is 0 Å². The molecule has 18 heavy (non-hydrogen) atoms. The van der Waals surface area contributed by atoms with Gasteiger partial charge in [-0.05, 0) is 31.6 Å². The van der Waals surface area contributed by atoms with Crippen molar-refractivity contribution in [1.82, 2.24) is 9.78 Å². The molecule has 1 N–H and O–H groups in total. The summed E-state index contributed by atoms with van der Waals surface area (Å²) >= 11 is 0. The average Bonchev–Trinajstić information content (AvgIpc) is 2.94. The van der Waals surface area contributed by atoms with E-state index >= 15 is 0 Å². The molecule has 4 heteroatoms. The van der Waals surface area contributed by atoms with E-state index in [9.17, 15) is 0 Å². The van der Waals surface area contributed by atoms with Crippen molar-refractivity contribution in [2.75, 3.05) is 18.5 Å². The van der Waals surface area contributed by atoms with Gasteiger partial charge in [-0.2, -0.15) is 5.10 Å². The topological polar surface area (TPSA) is 39.1 Å². The molecule has 1 saturated heterocycles. The lowest BCUT2D eigenvalue weighted by Gasteiger charge is -2.29. The minimum Gasteiger partial charge on any atom is -0.376 e. The van der Waals surface area contributed by atoms with Crippen molar-refractivity contribution in [2.24, 2.45) is 5.92 Å². The van der Waals surface area contributed by atoms with E-state index in [0.717, 1.165) is 26.0 Å². The highest BCUT2D eigenvalue weighted by Gasteiger charge is 2.31. The first-order chi connectivity index (χ1) is 8.74. The molecule has 2 atom stereocenters. The van der Waals surface area contributed by atoms with Crippen LogP contribution >= 0.6 is 0 Å². The third kappa shape index (κ3) is 2.26. The molecule has 0 aromatic carbocycles. The number of nitrogens with one attached hydrogen (secondary N) is 1. The second-order valence-corrected chi connectivity index (χ2v) is 5.90. The highest BCUT2D eigenvalue weighted by Crippen LogP contribution is 2.32. The normalized spacial score (nSPS) is 27.3. The second kappa shape index (κ2) is 4.92. The van der Waals surface area contributed by atoms with Crippen molar-refractivity contribution < 1.29 is 4.74 Å². The van der Waals surface area contributed by atoms with Gasteiger partial charge in [-0.3, -0.25) is 0 Å². The number of fused-ring (bicyclic) bond motifs is 1. The van der Waals surface area contributed by atoms with Crippen molar-refractivity contribution in [3.8, 4) is 0 Å². The number of hydrogen-bond donors (Lipinski definition) is 1. The molecule has 0 aliphatic carbocycles. The molecular weight excluding hydrogens is 226 g/mol. The van der Waals surface area contributed by atoms with Crippen molar-refractivity contribution in [3.63, 3.8) is 0 Å². The van der Waals surface area contributed by atoms with E-state index in [-0.39, 0.29) is 0 Å². The average molecular weight is 249 g/mol. The van der Waals surface area contributed by atoms with Gasteiger partial charge in [0.25, 0.3) is 0 Å². The van der Waals surface area contributed by atoms with E-state index in [2.05, 4.69) is 29.9 Å². The Labute approximate surface area is 109 Å². The number of rotatable bonds is 3. The van der Waals surface area contributed by atoms with E-state index in [4.69, 9.17) is 9.84 Å². The van der Waals surface area contributed by atoms with Crippen LogP contribution < -0.4 is 5.32 Å². The quantitative estimate of drug-likeness (QED) is 0.895. The van der Waals surface area contributed by atoms with Gasteiger partial charge in [-0.15, -0.1) is 0 Å². The smallest absolute Gasteiger partial charge is 0.124 e. The third-order valence-electron chi connectivity index (χ3n) is 3.86. The van der Waals surface area contributed by atoms with E-state index in [1.54, 1.807) is 0 Å². The summed E-state index contributed by atoms with van der Waals surface area (Å²) in [5, 5.41) is 8.25. The molecule has 1 fully saturated rings. The number of nitrogens with zero attached hydrogens (tertiary/aromatic N) is 2. The summed E-state index contributed by atoms with van der Waals surface area (Å²) in [4.78, 5) is 0. The van der Waals surface area contributed by atoms with Gasteiger partial charge in [0.15, 0.2) is 0 Å². The maximum Gasteiger partial charge on any atom is 0.124 e. The minimum absolute atomic E-state index is 0.373. The lowest BCUT2D eigenvalue weighted by molar-refractivity contribution is 0.0590. The Morgan fingerprint density at radius 3 is 3.11 bits per heavy atom. The molecule has 0 saturated carbocycles. The summed E-state index contributed by atoms with van der Waals surface area (Å²) in [6.07, 6.45) is 4.94. The highest BCUT2D eigenvalue weighted by atomic mass is 16.5. The van der Waals surface area contributed by atoms with Gasteiger partial charge in [0.2, 0.25) is 0 Å². The standard InChI is InChI=1S/C14H23N3O/c1-10(2)8-11-9-14-15-6-5-12(17(14)16-11)13-4-3-7-18-13/h9-10,12-13,15H,3-8H2,1-2H3. The summed E-state index contributed by atoms with van der Waals surface area (Å²) in [6, 6.07) is 2.64. The molecule has 4 nitrogen and oxygen atoms in total. The predicted molar refractivity (Wildman–Crippen MR) is 71.9 cm³/mol. The van der Waals surface area contributed by atoms with Gasteiger partial charge >= 0.3 is 0 Å². The van der Waals surface area contributed by atoms with Crippen molar-refractivity contribution in [1.29, 1.82) is 0 Å². The lowest BCUT2D eigenvalue weighted by atomic mass is 10.0. The summed E-state index contributed by atoms with van der Waals surface area (Å²) in [5.41, 5.74) is 1.21. The minimum atomic E-state index is 0.373. The molecule has 1 aromatic rings. The Bertz CT molecular complexity index is 407. The maximum atomic E-state index is 5.85. The van der Waals surface area contributed by atoms with E-state index in [1.807, 2.05) is 0 Å². The molecule has 0 amide bonds. The molecule has 0 spiro atoms. The molecule has 2 aliphatic heterocycles. The maximum absolute atomic E-state index is 5.85. The van der Waals surface area contributed by atoms with Gasteiger partial charge in [-0.1, -0.05) is 13.8 Å². The Morgan fingerprint density at radius 2 is 2.39 bits per heavy atom. The van der Waals surface area contributed by atoms with E-state index < -0.39 is 0 Å². The highest BCUT2D eigenvalue weighted by molar-refractivity contribution is 5.39. The van der Waals surface area contributed by atoms with Crippen LogP contribution in [-0.4, -0.2) is 29.0 Å². The molecule has 2 unspecified atom stereocenters. The number of ether oxygens (including phenoxy) is 1. The fourth-order valence-corrected chi connectivity index (χ4v) is 3.07. The van der Waals surface area contributed by atoms with Crippen LogP contribution in [0.1, 0.15) is 44.8 Å². The molecule has 0 radical (unpaired) electrons. The van der Waals surface area contributed by atoms with Crippen LogP contribution in [0.3, 0.4) is 0 Å². The Kier molecular flexibility index (Phi) is 3.29. The molecule has 3 heterocycles. The van der Waals surface area contributed by atoms with Crippen LogP contribution in [0.15, 0.2) is 6.07 Å². The fraction of sp³-hybridized carbons (Fsp3) is 0.786. The SMILES string of the molecule is CC(C)Cc1cc2n(n1)C(C1CCCO1)CCN2. The van der Waals surface area contributed by atoms with Crippen LogP contribution in [-0.2, 0) is 11.2 Å². The molecule has 100 valence electrons. The van der Waals surface area contributed by atoms with Crippen LogP contribution in [0.5, 0.6) is 0 Å². The van der Waals surface area contributed by atoms with Crippen LogP contribution in [0, 0.1) is 5.92 Å². The molecular formula is C14H23N3O. The van der Waals surface area contributed by atoms with Gasteiger partial charge in [0.1, 0.15) is 5.82 Å². The van der Waals surface area contributed by atoms with Gasteiger partial charge in [0, 0.05) is 19.2 Å². The summed E-state index contributed by atoms with van der Waals surface area (Å²) in [7, 11) is 0. The second-order valence-electron chi connectivity index (χ2n) is 5.90. The number of aromatic nitrogens is 2. The monoisotopic (exact) mass is 249 g/mol. The summed E-state index contributed by atoms with van der Waals surface area (Å²) < 4.78 is 8.03. The first-order valence-corrected chi connectivity index (χ1v) is 7.18. The first kappa shape index (κ1) is 12.0. The first-order valence-electron chi connectivity index (χ1n) is 7.18. The van der Waals surface area contributed by atoms with Crippen molar-refractivity contribution >= 4 is 5.82 Å². The van der Waals surface area contributed by atoms with Gasteiger partial charge < -0.3 is 10.1 Å². The van der Waals surface area contributed by atoms with Gasteiger partial charge in [-0.25, -0.2) is 4.68 Å². The number of anilines is 1. The summed E-state index contributed by atoms with van der Waals surface area (Å²) in [6.45, 7) is 6.44. The Morgan fingerprint density at radius 1 is 1.50 bits per heavy atom. The van der Waals surface area contributed by atoms with E-state index in [1.165, 1.54) is 24.4 Å². The zero-order chi connectivity index (χ0) is 12.5. The summed E-state index contributed by atoms with van der Waals surface area (Å²) in [5.74, 6) is 1.83. The largest absolute Gasteiger partial charge is 0.376 e. The zero-order valence-electron chi connectivity index (χ0n) is 11.4. The van der Waals surface area contributed by atoms with Gasteiger partial charge in [0.05, 0.1) is 17.8 Å². The lowest BCUT2D eigenvalue weighted by Crippen LogP contribution is -2.31. The van der Waals surface area contributed by atoms with Crippen molar-refractivity contribution in [3.05, 3.63) is 11.8 Å². The van der Waals surface area contributed by atoms with Crippen LogP contribution in [0.2, 0.25) is 0 Å². The molecule has 2 aliphatic rings. The van der Waals surface area contributed by atoms with Crippen molar-refractivity contribution in [2.45, 2.75) is 51.7 Å².